The molecule has 4 rings (SSSR count). The maximum absolute atomic E-state index is 6.33. The maximum Gasteiger partial charge on any atom is 0.114 e. The van der Waals surface area contributed by atoms with Crippen molar-refractivity contribution >= 4 is 28.2 Å². The molecule has 1 aliphatic heterocycles. The Morgan fingerprint density at radius 1 is 1.22 bits per heavy atom. The van der Waals surface area contributed by atoms with E-state index in [0.29, 0.717) is 12.6 Å². The SMILES string of the molecule is CC1(C)N[C@@H](c2cc3cc(Cl)cc(NC4CCCC4)c3[nH]2)CO1. The second kappa shape index (κ2) is 5.69. The van der Waals surface area contributed by atoms with Gasteiger partial charge in [0.1, 0.15) is 5.72 Å². The summed E-state index contributed by atoms with van der Waals surface area (Å²) in [6.07, 6.45) is 5.12. The van der Waals surface area contributed by atoms with E-state index in [0.717, 1.165) is 27.3 Å². The van der Waals surface area contributed by atoms with E-state index >= 15 is 0 Å². The molecule has 3 N–H and O–H groups in total. The second-order valence-corrected chi connectivity index (χ2v) is 7.72. The van der Waals surface area contributed by atoms with Crippen molar-refractivity contribution in [2.45, 2.75) is 57.3 Å². The molecule has 124 valence electrons. The van der Waals surface area contributed by atoms with Crippen LogP contribution in [0.1, 0.15) is 51.3 Å². The number of aromatic amines is 1. The second-order valence-electron chi connectivity index (χ2n) is 7.29. The van der Waals surface area contributed by atoms with Crippen LogP contribution >= 0.6 is 11.6 Å². The summed E-state index contributed by atoms with van der Waals surface area (Å²) < 4.78 is 5.79. The average Bonchev–Trinajstić information content (AvgIpc) is 3.17. The van der Waals surface area contributed by atoms with Crippen LogP contribution in [0.4, 0.5) is 5.69 Å². The molecule has 1 aromatic heterocycles. The number of benzene rings is 1. The zero-order valence-electron chi connectivity index (χ0n) is 13.7. The molecule has 2 fully saturated rings. The van der Waals surface area contributed by atoms with Crippen LogP contribution in [0.5, 0.6) is 0 Å². The minimum atomic E-state index is -0.273. The minimum Gasteiger partial charge on any atom is -0.381 e. The van der Waals surface area contributed by atoms with Crippen LogP contribution in [0.2, 0.25) is 5.02 Å². The van der Waals surface area contributed by atoms with Gasteiger partial charge in [-0.3, -0.25) is 5.32 Å². The summed E-state index contributed by atoms with van der Waals surface area (Å²) in [5.74, 6) is 0. The van der Waals surface area contributed by atoms with Gasteiger partial charge in [0.15, 0.2) is 0 Å². The predicted molar refractivity (Wildman–Crippen MR) is 95.1 cm³/mol. The first-order chi connectivity index (χ1) is 11.0. The van der Waals surface area contributed by atoms with Gasteiger partial charge in [-0.1, -0.05) is 24.4 Å². The van der Waals surface area contributed by atoms with E-state index < -0.39 is 0 Å². The summed E-state index contributed by atoms with van der Waals surface area (Å²) in [6, 6.07) is 7.00. The predicted octanol–water partition coefficient (Wildman–Crippen LogP) is 4.57. The summed E-state index contributed by atoms with van der Waals surface area (Å²) in [5.41, 5.74) is 3.14. The Bertz CT molecular complexity index is 718. The molecule has 1 aromatic carbocycles. The molecule has 0 spiro atoms. The van der Waals surface area contributed by atoms with Gasteiger partial charge in [-0.2, -0.15) is 0 Å². The number of ether oxygens (including phenoxy) is 1. The third-order valence-corrected chi connectivity index (χ3v) is 5.16. The minimum absolute atomic E-state index is 0.190. The van der Waals surface area contributed by atoms with E-state index in [1.165, 1.54) is 25.7 Å². The fourth-order valence-electron chi connectivity index (χ4n) is 3.78. The lowest BCUT2D eigenvalue weighted by atomic mass is 10.1. The van der Waals surface area contributed by atoms with Crippen LogP contribution in [0.15, 0.2) is 18.2 Å². The molecule has 23 heavy (non-hydrogen) atoms. The lowest BCUT2D eigenvalue weighted by Gasteiger charge is -2.17. The van der Waals surface area contributed by atoms with E-state index in [4.69, 9.17) is 16.3 Å². The van der Waals surface area contributed by atoms with Crippen molar-refractivity contribution in [1.29, 1.82) is 0 Å². The topological polar surface area (TPSA) is 49.1 Å². The van der Waals surface area contributed by atoms with Gasteiger partial charge in [0.25, 0.3) is 0 Å². The molecule has 4 nitrogen and oxygen atoms in total. The van der Waals surface area contributed by atoms with Gasteiger partial charge in [-0.05, 0) is 44.9 Å². The Labute approximate surface area is 141 Å². The number of aromatic nitrogens is 1. The van der Waals surface area contributed by atoms with Crippen LogP contribution in [0.3, 0.4) is 0 Å². The van der Waals surface area contributed by atoms with Crippen LogP contribution < -0.4 is 10.6 Å². The summed E-state index contributed by atoms with van der Waals surface area (Å²) in [6.45, 7) is 4.79. The molecule has 0 amide bonds. The van der Waals surface area contributed by atoms with Gasteiger partial charge < -0.3 is 15.0 Å². The Balaban J connectivity index is 1.67. The highest BCUT2D eigenvalue weighted by Gasteiger charge is 2.32. The molecule has 1 atom stereocenters. The Kier molecular flexibility index (Phi) is 3.79. The van der Waals surface area contributed by atoms with E-state index in [-0.39, 0.29) is 11.8 Å². The summed E-state index contributed by atoms with van der Waals surface area (Å²) >= 11 is 6.33. The summed E-state index contributed by atoms with van der Waals surface area (Å²) in [7, 11) is 0. The number of fused-ring (bicyclic) bond motifs is 1. The monoisotopic (exact) mass is 333 g/mol. The molecular weight excluding hydrogens is 310 g/mol. The third kappa shape index (κ3) is 3.08. The van der Waals surface area contributed by atoms with Crippen molar-refractivity contribution in [3.63, 3.8) is 0 Å². The standard InChI is InChI=1S/C18H24ClN3O/c1-18(2)22-16(10-23-18)14-8-11-7-12(19)9-15(17(11)21-14)20-13-5-3-4-6-13/h7-9,13,16,20-22H,3-6,10H2,1-2H3/t16-/m1/s1. The smallest absolute Gasteiger partial charge is 0.114 e. The van der Waals surface area contributed by atoms with Crippen LogP contribution in [0.25, 0.3) is 10.9 Å². The third-order valence-electron chi connectivity index (χ3n) is 4.94. The molecule has 5 heteroatoms. The maximum atomic E-state index is 6.33. The zero-order valence-corrected chi connectivity index (χ0v) is 14.5. The number of hydrogen-bond acceptors (Lipinski definition) is 3. The number of hydrogen-bond donors (Lipinski definition) is 3. The van der Waals surface area contributed by atoms with Crippen LogP contribution in [-0.2, 0) is 4.74 Å². The zero-order chi connectivity index (χ0) is 16.0. The number of halogens is 1. The number of rotatable bonds is 3. The van der Waals surface area contributed by atoms with Gasteiger partial charge in [-0.25, -0.2) is 0 Å². The van der Waals surface area contributed by atoms with E-state index in [2.05, 4.69) is 35.5 Å². The highest BCUT2D eigenvalue weighted by Crippen LogP contribution is 2.34. The first-order valence-electron chi connectivity index (χ1n) is 8.50. The largest absolute Gasteiger partial charge is 0.381 e. The van der Waals surface area contributed by atoms with E-state index in [9.17, 15) is 0 Å². The van der Waals surface area contributed by atoms with Gasteiger partial charge >= 0.3 is 0 Å². The average molecular weight is 334 g/mol. The molecule has 1 aliphatic carbocycles. The molecular formula is C18H24ClN3O. The summed E-state index contributed by atoms with van der Waals surface area (Å²) in [4.78, 5) is 3.58. The van der Waals surface area contributed by atoms with Crippen molar-refractivity contribution in [3.05, 3.63) is 28.9 Å². The highest BCUT2D eigenvalue weighted by molar-refractivity contribution is 6.31. The molecule has 2 aromatic rings. The Hall–Kier alpha value is -1.23. The van der Waals surface area contributed by atoms with Crippen LogP contribution in [0, 0.1) is 0 Å². The molecule has 0 unspecified atom stereocenters. The normalized spacial score (nSPS) is 24.6. The van der Waals surface area contributed by atoms with Crippen molar-refractivity contribution in [2.75, 3.05) is 11.9 Å². The first-order valence-corrected chi connectivity index (χ1v) is 8.88. The van der Waals surface area contributed by atoms with Crippen molar-refractivity contribution in [3.8, 4) is 0 Å². The fourth-order valence-corrected chi connectivity index (χ4v) is 4.01. The lowest BCUT2D eigenvalue weighted by Crippen LogP contribution is -2.34. The summed E-state index contributed by atoms with van der Waals surface area (Å²) in [5, 5.41) is 9.11. The quantitative estimate of drug-likeness (QED) is 0.771. The molecule has 0 radical (unpaired) electrons. The fraction of sp³-hybridized carbons (Fsp3) is 0.556. The van der Waals surface area contributed by atoms with Crippen molar-refractivity contribution in [2.24, 2.45) is 0 Å². The molecule has 2 aliphatic rings. The van der Waals surface area contributed by atoms with Crippen molar-refractivity contribution < 1.29 is 4.74 Å². The molecule has 0 bridgehead atoms. The number of anilines is 1. The molecule has 1 saturated carbocycles. The first kappa shape index (κ1) is 15.3. The van der Waals surface area contributed by atoms with Gasteiger partial charge in [0.2, 0.25) is 0 Å². The Morgan fingerprint density at radius 2 is 2.00 bits per heavy atom. The number of nitrogens with one attached hydrogen (secondary N) is 3. The molecule has 1 saturated heterocycles. The van der Waals surface area contributed by atoms with Crippen LogP contribution in [-0.4, -0.2) is 23.4 Å². The number of H-pyrrole nitrogens is 1. The van der Waals surface area contributed by atoms with E-state index in [1.807, 2.05) is 12.1 Å². The van der Waals surface area contributed by atoms with Crippen molar-refractivity contribution in [1.82, 2.24) is 10.3 Å². The highest BCUT2D eigenvalue weighted by atomic mass is 35.5. The van der Waals surface area contributed by atoms with Gasteiger partial charge in [0.05, 0.1) is 23.9 Å². The van der Waals surface area contributed by atoms with E-state index in [1.54, 1.807) is 0 Å². The van der Waals surface area contributed by atoms with Gasteiger partial charge in [-0.15, -0.1) is 0 Å². The Morgan fingerprint density at radius 3 is 2.70 bits per heavy atom. The molecule has 2 heterocycles. The van der Waals surface area contributed by atoms with Gasteiger partial charge in [0, 0.05) is 22.1 Å². The lowest BCUT2D eigenvalue weighted by molar-refractivity contribution is 0.0231.